The maximum atomic E-state index is 13.4. The number of aliphatic carboxylic acids is 1. The Labute approximate surface area is 269 Å². The van der Waals surface area contributed by atoms with Gasteiger partial charge in [-0.2, -0.15) is 17.5 Å². The molecule has 2 aromatic carbocycles. The number of aryl methyl sites for hydroxylation is 1. The van der Waals surface area contributed by atoms with E-state index in [1.165, 1.54) is 10.4 Å². The van der Waals surface area contributed by atoms with Crippen molar-refractivity contribution in [3.05, 3.63) is 59.2 Å². The van der Waals surface area contributed by atoms with E-state index in [1.807, 2.05) is 13.0 Å². The Morgan fingerprint density at radius 1 is 1.00 bits per heavy atom. The van der Waals surface area contributed by atoms with Crippen molar-refractivity contribution in [2.45, 2.75) is 83.5 Å². The summed E-state index contributed by atoms with van der Waals surface area (Å²) in [5, 5.41) is 12.0. The van der Waals surface area contributed by atoms with Gasteiger partial charge >= 0.3 is 12.1 Å². The van der Waals surface area contributed by atoms with Gasteiger partial charge in [-0.15, -0.1) is 0 Å². The summed E-state index contributed by atoms with van der Waals surface area (Å²) in [5.74, 6) is -2.90. The Hall–Kier alpha value is -2.97. The molecule has 0 unspecified atom stereocenters. The lowest BCUT2D eigenvalue weighted by molar-refractivity contribution is -0.139. The molecule has 2 aromatic rings. The van der Waals surface area contributed by atoms with Gasteiger partial charge in [0.15, 0.2) is 0 Å². The van der Waals surface area contributed by atoms with Gasteiger partial charge in [-0.1, -0.05) is 62.4 Å². The largest absolute Gasteiger partial charge is 0.480 e. The van der Waals surface area contributed by atoms with E-state index < -0.39 is 68.3 Å². The number of sulfone groups is 1. The van der Waals surface area contributed by atoms with Crippen molar-refractivity contribution in [3.63, 3.8) is 0 Å². The number of carboxylic acids is 1. The first-order valence-electron chi connectivity index (χ1n) is 15.4. The average molecular weight is 689 g/mol. The number of benzene rings is 2. The zero-order chi connectivity index (χ0) is 34.1. The van der Waals surface area contributed by atoms with Gasteiger partial charge in [0, 0.05) is 31.3 Å². The van der Waals surface area contributed by atoms with Crippen LogP contribution in [0.15, 0.2) is 42.5 Å². The van der Waals surface area contributed by atoms with Gasteiger partial charge in [0.1, 0.15) is 15.9 Å². The molecular formula is C32H43F3N2O7S2. The second kappa shape index (κ2) is 16.2. The highest BCUT2D eigenvalue weighted by molar-refractivity contribution is 7.90. The first-order chi connectivity index (χ1) is 21.4. The van der Waals surface area contributed by atoms with Gasteiger partial charge in [-0.05, 0) is 66.5 Å². The highest BCUT2D eigenvalue weighted by Gasteiger charge is 2.30. The molecule has 0 aliphatic heterocycles. The van der Waals surface area contributed by atoms with Crippen LogP contribution in [-0.4, -0.2) is 74.6 Å². The van der Waals surface area contributed by atoms with E-state index in [1.54, 1.807) is 30.3 Å². The smallest absolute Gasteiger partial charge is 0.389 e. The molecule has 0 saturated heterocycles. The number of hydrogen-bond donors (Lipinski definition) is 2. The van der Waals surface area contributed by atoms with Crippen LogP contribution in [0.2, 0.25) is 0 Å². The monoisotopic (exact) mass is 688 g/mol. The van der Waals surface area contributed by atoms with Gasteiger partial charge in [0.2, 0.25) is 10.0 Å². The number of halogens is 3. The summed E-state index contributed by atoms with van der Waals surface area (Å²) in [6.07, 6.45) is 0.205. The maximum absolute atomic E-state index is 13.4. The Morgan fingerprint density at radius 2 is 1.67 bits per heavy atom. The highest BCUT2D eigenvalue weighted by Crippen LogP contribution is 2.31. The topological polar surface area (TPSA) is 138 Å². The van der Waals surface area contributed by atoms with Gasteiger partial charge in [-0.3, -0.25) is 4.79 Å². The van der Waals surface area contributed by atoms with E-state index in [2.05, 4.69) is 5.32 Å². The van der Waals surface area contributed by atoms with E-state index in [4.69, 9.17) is 0 Å². The van der Waals surface area contributed by atoms with Gasteiger partial charge in [-0.25, -0.2) is 21.6 Å². The Bertz CT molecular complexity index is 1570. The predicted octanol–water partition coefficient (Wildman–Crippen LogP) is 5.72. The number of nitrogens with one attached hydrogen (secondary N) is 1. The number of nitrogens with zero attached hydrogens (tertiary/aromatic N) is 1. The number of hydrogen-bond acceptors (Lipinski definition) is 6. The Balaban J connectivity index is 1.95. The van der Waals surface area contributed by atoms with Crippen molar-refractivity contribution < 1.29 is 44.7 Å². The summed E-state index contributed by atoms with van der Waals surface area (Å²) in [6.45, 7) is 1.85. The van der Waals surface area contributed by atoms with Crippen molar-refractivity contribution in [1.29, 1.82) is 0 Å². The zero-order valence-corrected chi connectivity index (χ0v) is 27.8. The highest BCUT2D eigenvalue weighted by atomic mass is 32.2. The van der Waals surface area contributed by atoms with Crippen LogP contribution < -0.4 is 5.32 Å². The van der Waals surface area contributed by atoms with Gasteiger partial charge < -0.3 is 10.4 Å². The van der Waals surface area contributed by atoms with Crippen LogP contribution in [0.4, 0.5) is 13.2 Å². The molecule has 0 aromatic heterocycles. The van der Waals surface area contributed by atoms with E-state index in [0.29, 0.717) is 29.0 Å². The van der Waals surface area contributed by atoms with Crippen LogP contribution in [-0.2, 0) is 31.2 Å². The predicted molar refractivity (Wildman–Crippen MR) is 171 cm³/mol. The molecule has 9 nitrogen and oxygen atoms in total. The van der Waals surface area contributed by atoms with E-state index in [9.17, 15) is 44.7 Å². The van der Waals surface area contributed by atoms with E-state index in [-0.39, 0.29) is 25.1 Å². The van der Waals surface area contributed by atoms with E-state index in [0.717, 1.165) is 43.9 Å². The van der Waals surface area contributed by atoms with Crippen LogP contribution in [0, 0.1) is 12.8 Å². The first-order valence-corrected chi connectivity index (χ1v) is 19.1. The molecule has 1 saturated carbocycles. The number of sulfonamides is 1. The van der Waals surface area contributed by atoms with Crippen molar-refractivity contribution in [2.24, 2.45) is 5.92 Å². The van der Waals surface area contributed by atoms with Crippen molar-refractivity contribution in [1.82, 2.24) is 9.62 Å². The fourth-order valence-electron chi connectivity index (χ4n) is 5.72. The number of carbonyl (C=O) groups excluding carboxylic acids is 1. The molecule has 0 radical (unpaired) electrons. The molecular weight excluding hydrogens is 645 g/mol. The average Bonchev–Trinajstić information content (AvgIpc) is 2.96. The van der Waals surface area contributed by atoms with Crippen molar-refractivity contribution in [3.8, 4) is 11.1 Å². The summed E-state index contributed by atoms with van der Waals surface area (Å²) >= 11 is 0. The third kappa shape index (κ3) is 12.0. The van der Waals surface area contributed by atoms with Crippen LogP contribution in [0.1, 0.15) is 79.3 Å². The minimum absolute atomic E-state index is 0.102. The van der Waals surface area contributed by atoms with Crippen LogP contribution in [0.25, 0.3) is 11.1 Å². The molecule has 46 heavy (non-hydrogen) atoms. The lowest BCUT2D eigenvalue weighted by atomic mass is 9.87. The van der Waals surface area contributed by atoms with Gasteiger partial charge in [0.25, 0.3) is 5.91 Å². The van der Waals surface area contributed by atoms with Crippen LogP contribution in [0.5, 0.6) is 0 Å². The quantitative estimate of drug-likeness (QED) is 0.230. The first kappa shape index (κ1) is 37.5. The second-order valence-corrected chi connectivity index (χ2v) is 16.5. The van der Waals surface area contributed by atoms with Crippen molar-refractivity contribution in [2.75, 3.05) is 24.3 Å². The van der Waals surface area contributed by atoms with Crippen LogP contribution >= 0.6 is 0 Å². The number of rotatable bonds is 16. The zero-order valence-electron chi connectivity index (χ0n) is 26.2. The summed E-state index contributed by atoms with van der Waals surface area (Å²) in [6, 6.07) is 10.3. The third-order valence-electron chi connectivity index (χ3n) is 8.27. The molecule has 1 aliphatic rings. The second-order valence-electron chi connectivity index (χ2n) is 12.1. The maximum Gasteiger partial charge on any atom is 0.389 e. The number of amides is 1. The summed E-state index contributed by atoms with van der Waals surface area (Å²) in [5.41, 5.74) is 2.44. The summed E-state index contributed by atoms with van der Waals surface area (Å²) in [4.78, 5) is 25.3. The minimum Gasteiger partial charge on any atom is -0.480 e. The summed E-state index contributed by atoms with van der Waals surface area (Å²) < 4.78 is 89.8. The molecule has 14 heteroatoms. The number of carboxylic acid groups (broad SMARTS) is 1. The molecule has 3 rings (SSSR count). The molecule has 1 aliphatic carbocycles. The fraction of sp³-hybridized carbons (Fsp3) is 0.562. The molecule has 1 amide bonds. The lowest BCUT2D eigenvalue weighted by Gasteiger charge is -2.27. The molecule has 0 bridgehead atoms. The van der Waals surface area contributed by atoms with Gasteiger partial charge in [0.05, 0.1) is 11.5 Å². The Morgan fingerprint density at radius 3 is 2.28 bits per heavy atom. The standard InChI is InChI=1S/C32H43F3N2O7S2/c1-23-9-6-7-12-26(23)28-21-25(13-14-27(28)30(38)36-29(31(39)40)16-20-45(2,41)42)22-37(18-15-24-10-4-3-5-11-24)46(43,44)19-8-17-32(33,34)35/h6-7,9,12-14,21,24,29H,3-5,8,10-11,15-20,22H2,1-2H3,(H,36,38)(H,39,40)/t29-/m0/s1. The van der Waals surface area contributed by atoms with E-state index >= 15 is 0 Å². The molecule has 1 atom stereocenters. The molecule has 1 fully saturated rings. The SMILES string of the molecule is Cc1ccccc1-c1cc(CN(CCC2CCCCC2)S(=O)(=O)CCCC(F)(F)F)ccc1C(=O)N[C@@H](CCS(C)(=O)=O)C(=O)O. The van der Waals surface area contributed by atoms with Crippen molar-refractivity contribution >= 4 is 31.7 Å². The normalized spacial score (nSPS) is 15.5. The molecule has 0 spiro atoms. The third-order valence-corrected chi connectivity index (χ3v) is 11.2. The minimum atomic E-state index is -4.47. The lowest BCUT2D eigenvalue weighted by Crippen LogP contribution is -2.42. The molecule has 2 N–H and O–H groups in total. The number of carbonyl (C=O) groups is 2. The Kier molecular flexibility index (Phi) is 13.2. The summed E-state index contributed by atoms with van der Waals surface area (Å²) in [7, 11) is -7.55. The van der Waals surface area contributed by atoms with Crippen LogP contribution in [0.3, 0.4) is 0 Å². The fourth-order valence-corrected chi connectivity index (χ4v) is 7.88. The number of alkyl halides is 3. The molecule has 0 heterocycles. The molecule has 256 valence electrons.